The van der Waals surface area contributed by atoms with Gasteiger partial charge >= 0.3 is 0 Å². The number of hydrogen-bond donors (Lipinski definition) is 2. The zero-order chi connectivity index (χ0) is 42.0. The fourth-order valence-electron chi connectivity index (χ4n) is 8.43. The number of benzene rings is 2. The second-order valence-electron chi connectivity index (χ2n) is 15.8. The lowest BCUT2D eigenvalue weighted by Crippen LogP contribution is -2.47. The number of nitrogens with zero attached hydrogens (tertiary/aromatic N) is 7. The van der Waals surface area contributed by atoms with Gasteiger partial charge in [-0.25, -0.2) is 14.6 Å². The van der Waals surface area contributed by atoms with Gasteiger partial charge < -0.3 is 35.3 Å². The molecule has 0 spiro atoms. The number of carbonyl (C=O) groups excluding carboxylic acids is 4. The summed E-state index contributed by atoms with van der Waals surface area (Å²) in [6.07, 6.45) is 12.0. The fraction of sp³-hybridized carbons (Fsp3) is 0.444. The highest BCUT2D eigenvalue weighted by atomic mass is 32.2. The summed E-state index contributed by atoms with van der Waals surface area (Å²) in [5.41, 5.74) is 9.60. The number of anilines is 1. The van der Waals surface area contributed by atoms with Crippen LogP contribution in [0.4, 0.5) is 5.82 Å². The van der Waals surface area contributed by atoms with Crippen LogP contribution in [0.25, 0.3) is 22.3 Å². The molecule has 15 heteroatoms. The van der Waals surface area contributed by atoms with Gasteiger partial charge in [-0.1, -0.05) is 30.4 Å². The number of thioether (sulfide) groups is 1. The molecule has 4 aromatic rings. The predicted octanol–water partition coefficient (Wildman–Crippen LogP) is 5.33. The van der Waals surface area contributed by atoms with E-state index in [-0.39, 0.29) is 35.9 Å². The zero-order valence-corrected chi connectivity index (χ0v) is 35.3. The van der Waals surface area contributed by atoms with Crippen LogP contribution in [0.3, 0.4) is 0 Å². The van der Waals surface area contributed by atoms with E-state index < -0.39 is 6.04 Å². The number of nitrogen functional groups attached to an aromatic ring is 1. The van der Waals surface area contributed by atoms with Crippen LogP contribution in [0.15, 0.2) is 84.2 Å². The highest BCUT2D eigenvalue weighted by Gasteiger charge is 2.31. The molecule has 3 aliphatic rings. The van der Waals surface area contributed by atoms with Gasteiger partial charge in [0.2, 0.25) is 5.91 Å². The standard InChI is InChI=1S/C45H55N9O5S/c1-47-44(57)39(9-6-26-55)51(2)45(58)38-15-14-37(27-33(38)28-56)60-29-31-16-20-52(21-17-31)24-25-53-22-18-34(19-23-53)54-43-40(42(46)48-30-49-43)41(50-54)32-10-12-36(13-11-32)59-35-7-4-3-5-8-35/h3-5,7-8,10-13,15,26-28,30-31,34,37,39H,6,9,14,16-25,29H2,1-2H3,(H,47,57)(H2,46,48,49). The molecular weight excluding hydrogens is 779 g/mol. The molecule has 0 saturated carbocycles. The molecule has 1 aliphatic carbocycles. The summed E-state index contributed by atoms with van der Waals surface area (Å²) in [7, 11) is 3.05. The number of allylic oxidation sites excluding steroid dienone is 1. The van der Waals surface area contributed by atoms with Crippen LogP contribution < -0.4 is 15.8 Å². The lowest BCUT2D eigenvalue weighted by molar-refractivity contribution is -0.136. The monoisotopic (exact) mass is 833 g/mol. The Balaban J connectivity index is 0.853. The van der Waals surface area contributed by atoms with Crippen molar-refractivity contribution < 1.29 is 23.9 Å². The van der Waals surface area contributed by atoms with Crippen LogP contribution in [-0.4, -0.2) is 129 Å². The molecule has 2 amide bonds. The molecule has 0 radical (unpaired) electrons. The summed E-state index contributed by atoms with van der Waals surface area (Å²) in [6.45, 7) is 6.22. The minimum absolute atomic E-state index is 0.112. The van der Waals surface area contributed by atoms with Crippen LogP contribution >= 0.6 is 11.8 Å². The topological polar surface area (TPSA) is 169 Å². The SMILES string of the molecule is CNC(=O)C(CCC=O)N(C)C(=O)C1=CCC(SCC2CCN(CCN3CCC(n4nc(-c5ccc(Oc6ccccc6)cc5)c5c(N)ncnc54)CC3)CC2)C=C1C=O. The molecule has 0 bridgehead atoms. The second kappa shape index (κ2) is 20.3. The predicted molar refractivity (Wildman–Crippen MR) is 235 cm³/mol. The molecule has 2 aromatic carbocycles. The molecular formula is C45H55N9O5S. The zero-order valence-electron chi connectivity index (χ0n) is 34.4. The molecule has 3 N–H and O–H groups in total. The Morgan fingerprint density at radius 2 is 1.65 bits per heavy atom. The first-order chi connectivity index (χ1) is 29.3. The number of fused-ring (bicyclic) bond motifs is 1. The second-order valence-corrected chi connectivity index (χ2v) is 17.1. The highest BCUT2D eigenvalue weighted by Crippen LogP contribution is 2.36. The van der Waals surface area contributed by atoms with Crippen LogP contribution in [-0.2, 0) is 19.2 Å². The number of nitrogens with one attached hydrogen (secondary N) is 1. The Morgan fingerprint density at radius 3 is 2.32 bits per heavy atom. The van der Waals surface area contributed by atoms with E-state index in [1.165, 1.54) is 18.3 Å². The van der Waals surface area contributed by atoms with Crippen molar-refractivity contribution in [3.63, 3.8) is 0 Å². The van der Waals surface area contributed by atoms with E-state index in [9.17, 15) is 19.2 Å². The van der Waals surface area contributed by atoms with Gasteiger partial charge in [0.15, 0.2) is 11.9 Å². The lowest BCUT2D eigenvalue weighted by Gasteiger charge is -2.36. The minimum atomic E-state index is -0.788. The van der Waals surface area contributed by atoms with E-state index in [0.29, 0.717) is 29.3 Å². The third-order valence-corrected chi connectivity index (χ3v) is 13.4. The number of para-hydroxylation sites is 1. The number of piperidine rings is 2. The van der Waals surface area contributed by atoms with Crippen molar-refractivity contribution in [2.75, 3.05) is 64.9 Å². The van der Waals surface area contributed by atoms with Crippen LogP contribution in [0.2, 0.25) is 0 Å². The first kappa shape index (κ1) is 42.7. The molecule has 316 valence electrons. The minimum Gasteiger partial charge on any atom is -0.457 e. The Bertz CT molecular complexity index is 2180. The quantitative estimate of drug-likeness (QED) is 0.132. The Hall–Kier alpha value is -5.38. The average molecular weight is 834 g/mol. The number of aromatic nitrogens is 4. The fourth-order valence-corrected chi connectivity index (χ4v) is 9.76. The molecule has 14 nitrogen and oxygen atoms in total. The Labute approximate surface area is 355 Å². The molecule has 4 heterocycles. The van der Waals surface area contributed by atoms with E-state index in [0.717, 1.165) is 117 Å². The van der Waals surface area contributed by atoms with Crippen molar-refractivity contribution in [3.05, 3.63) is 84.2 Å². The number of ether oxygens (including phenoxy) is 1. The first-order valence-corrected chi connectivity index (χ1v) is 22.0. The summed E-state index contributed by atoms with van der Waals surface area (Å²) in [5.74, 6) is 2.83. The third-order valence-electron chi connectivity index (χ3n) is 12.0. The van der Waals surface area contributed by atoms with E-state index in [2.05, 4.69) is 29.8 Å². The van der Waals surface area contributed by atoms with E-state index in [1.807, 2.05) is 78.5 Å². The number of likely N-dealkylation sites (tertiary alicyclic amines) is 2. The average Bonchev–Trinajstić information content (AvgIpc) is 3.69. The van der Waals surface area contributed by atoms with E-state index >= 15 is 0 Å². The number of carbonyl (C=O) groups is 4. The van der Waals surface area contributed by atoms with E-state index in [4.69, 9.17) is 15.6 Å². The molecule has 2 fully saturated rings. The molecule has 2 aromatic heterocycles. The van der Waals surface area contributed by atoms with Gasteiger partial charge in [0.1, 0.15) is 41.7 Å². The van der Waals surface area contributed by atoms with Crippen molar-refractivity contribution in [1.82, 2.24) is 39.8 Å². The Kier molecular flexibility index (Phi) is 14.4. The van der Waals surface area contributed by atoms with Gasteiger partial charge in [-0.15, -0.1) is 0 Å². The summed E-state index contributed by atoms with van der Waals surface area (Å²) < 4.78 is 8.07. The molecule has 2 saturated heterocycles. The highest BCUT2D eigenvalue weighted by molar-refractivity contribution is 8.00. The number of aldehydes is 2. The molecule has 7 rings (SSSR count). The van der Waals surface area contributed by atoms with Crippen molar-refractivity contribution in [1.29, 1.82) is 0 Å². The van der Waals surface area contributed by atoms with Gasteiger partial charge in [-0.3, -0.25) is 14.4 Å². The smallest absolute Gasteiger partial charge is 0.254 e. The molecule has 2 atom stereocenters. The van der Waals surface area contributed by atoms with Gasteiger partial charge in [-0.05, 0) is 99.7 Å². The maximum Gasteiger partial charge on any atom is 0.254 e. The number of amides is 2. The number of likely N-dealkylation sites (N-methyl/N-ethyl adjacent to an activating group) is 2. The van der Waals surface area contributed by atoms with Gasteiger partial charge in [0.05, 0.1) is 11.4 Å². The number of hydrogen-bond acceptors (Lipinski definition) is 12. The summed E-state index contributed by atoms with van der Waals surface area (Å²) in [4.78, 5) is 64.3. The largest absolute Gasteiger partial charge is 0.457 e. The van der Waals surface area contributed by atoms with Gasteiger partial charge in [0.25, 0.3) is 5.91 Å². The van der Waals surface area contributed by atoms with E-state index in [1.54, 1.807) is 7.05 Å². The van der Waals surface area contributed by atoms with Crippen molar-refractivity contribution in [2.24, 2.45) is 5.92 Å². The van der Waals surface area contributed by atoms with Crippen LogP contribution in [0.5, 0.6) is 11.5 Å². The van der Waals surface area contributed by atoms with Crippen molar-refractivity contribution in [3.8, 4) is 22.8 Å². The maximum absolute atomic E-state index is 13.4. The Morgan fingerprint density at radius 1 is 0.967 bits per heavy atom. The summed E-state index contributed by atoms with van der Waals surface area (Å²) in [6, 6.07) is 17.0. The molecule has 60 heavy (non-hydrogen) atoms. The lowest BCUT2D eigenvalue weighted by atomic mass is 9.96. The van der Waals surface area contributed by atoms with Crippen molar-refractivity contribution >= 4 is 53.0 Å². The van der Waals surface area contributed by atoms with Crippen molar-refractivity contribution in [2.45, 2.75) is 62.3 Å². The van der Waals surface area contributed by atoms with Gasteiger partial charge in [0, 0.05) is 68.7 Å². The molecule has 2 unspecified atom stereocenters. The molecule has 2 aliphatic heterocycles. The van der Waals surface area contributed by atoms with Crippen LogP contribution in [0, 0.1) is 5.92 Å². The number of rotatable bonds is 17. The normalized spacial score (nSPS) is 18.7. The summed E-state index contributed by atoms with van der Waals surface area (Å²) in [5, 5.41) is 8.57. The third kappa shape index (κ3) is 10.1. The van der Waals surface area contributed by atoms with Gasteiger partial charge in [-0.2, -0.15) is 16.9 Å². The summed E-state index contributed by atoms with van der Waals surface area (Å²) >= 11 is 1.85. The number of nitrogens with two attached hydrogens (primary N) is 1. The first-order valence-electron chi connectivity index (χ1n) is 20.9. The maximum atomic E-state index is 13.4. The van der Waals surface area contributed by atoms with Crippen LogP contribution in [0.1, 0.15) is 51.0 Å².